The van der Waals surface area contributed by atoms with Crippen molar-refractivity contribution < 1.29 is 9.84 Å². The van der Waals surface area contributed by atoms with Gasteiger partial charge in [0.15, 0.2) is 5.75 Å². The molecule has 0 aliphatic carbocycles. The molecule has 2 N–H and O–H groups in total. The molecule has 0 saturated heterocycles. The van der Waals surface area contributed by atoms with Gasteiger partial charge < -0.3 is 14.8 Å². The molecule has 0 spiro atoms. The van der Waals surface area contributed by atoms with Gasteiger partial charge >= 0.3 is 0 Å². The number of fused-ring (bicyclic) bond motifs is 1. The second-order valence-electron chi connectivity index (χ2n) is 5.46. The molecule has 0 unspecified atom stereocenters. The summed E-state index contributed by atoms with van der Waals surface area (Å²) in [6.07, 6.45) is 2.59. The predicted octanol–water partition coefficient (Wildman–Crippen LogP) is 0.478. The number of hydrogen-bond acceptors (Lipinski definition) is 5. The van der Waals surface area contributed by atoms with Crippen LogP contribution < -0.4 is 10.2 Å². The molecule has 0 atom stereocenters. The van der Waals surface area contributed by atoms with E-state index in [1.807, 2.05) is 10.7 Å². The molecule has 1 aliphatic rings. The molecule has 1 aliphatic heterocycles. The van der Waals surface area contributed by atoms with E-state index in [0.717, 1.165) is 37.4 Å². The molecule has 0 amide bonds. The highest BCUT2D eigenvalue weighted by Crippen LogP contribution is 2.15. The van der Waals surface area contributed by atoms with Crippen molar-refractivity contribution in [1.82, 2.24) is 19.7 Å². The molecule has 0 saturated carbocycles. The Labute approximate surface area is 128 Å². The van der Waals surface area contributed by atoms with E-state index in [-0.39, 0.29) is 12.0 Å². The number of hydrogen-bond donors (Lipinski definition) is 2. The lowest BCUT2D eigenvalue weighted by atomic mass is 10.3. The van der Waals surface area contributed by atoms with E-state index in [1.165, 1.54) is 7.11 Å². The first kappa shape index (κ1) is 14.8. The minimum Gasteiger partial charge on any atom is -0.491 e. The van der Waals surface area contributed by atoms with Gasteiger partial charge in [0, 0.05) is 44.1 Å². The number of nitrogens with zero attached hydrogens (tertiary/aromatic N) is 3. The first-order valence-electron chi connectivity index (χ1n) is 7.34. The smallest absolute Gasteiger partial charge is 0.223 e. The van der Waals surface area contributed by atoms with Crippen LogP contribution in [0.15, 0.2) is 23.1 Å². The molecule has 0 radical (unpaired) electrons. The lowest BCUT2D eigenvalue weighted by molar-refractivity contribution is 0.256. The van der Waals surface area contributed by atoms with E-state index in [4.69, 9.17) is 4.74 Å². The lowest BCUT2D eigenvalue weighted by Gasteiger charge is -2.19. The van der Waals surface area contributed by atoms with Crippen LogP contribution in [-0.4, -0.2) is 38.4 Å². The summed E-state index contributed by atoms with van der Waals surface area (Å²) in [7, 11) is 1.49. The minimum atomic E-state index is -0.112. The fourth-order valence-electron chi connectivity index (χ4n) is 2.79. The number of methoxy groups -OCH3 is 1. The lowest BCUT2D eigenvalue weighted by Crippen LogP contribution is -2.24. The molecule has 22 heavy (non-hydrogen) atoms. The number of pyridine rings is 1. The third kappa shape index (κ3) is 3.05. The summed E-state index contributed by atoms with van der Waals surface area (Å²) < 4.78 is 6.94. The normalized spacial score (nSPS) is 15.4. The van der Waals surface area contributed by atoms with Crippen molar-refractivity contribution in [3.63, 3.8) is 0 Å². The highest BCUT2D eigenvalue weighted by molar-refractivity contribution is 5.20. The van der Waals surface area contributed by atoms with Crippen molar-refractivity contribution in [2.75, 3.05) is 13.7 Å². The van der Waals surface area contributed by atoms with Crippen LogP contribution in [0.3, 0.4) is 0 Å². The Morgan fingerprint density at radius 2 is 2.27 bits per heavy atom. The summed E-state index contributed by atoms with van der Waals surface area (Å²) in [5, 5.41) is 13.6. The highest BCUT2D eigenvalue weighted by atomic mass is 16.5. The Balaban J connectivity index is 1.75. The maximum atomic E-state index is 11.8. The Hall–Kier alpha value is -2.12. The van der Waals surface area contributed by atoms with E-state index < -0.39 is 0 Å². The van der Waals surface area contributed by atoms with Crippen molar-refractivity contribution >= 4 is 0 Å². The van der Waals surface area contributed by atoms with Crippen molar-refractivity contribution in [3.8, 4) is 5.75 Å². The molecular formula is C15H20N4O3. The molecule has 3 heterocycles. The molecule has 118 valence electrons. The van der Waals surface area contributed by atoms with E-state index in [9.17, 15) is 9.90 Å². The van der Waals surface area contributed by atoms with Gasteiger partial charge in [-0.3, -0.25) is 14.4 Å². The van der Waals surface area contributed by atoms with Crippen LogP contribution in [0.25, 0.3) is 0 Å². The molecule has 0 aromatic carbocycles. The fraction of sp³-hybridized carbons (Fsp3) is 0.467. The van der Waals surface area contributed by atoms with Gasteiger partial charge in [0.25, 0.3) is 0 Å². The van der Waals surface area contributed by atoms with Gasteiger partial charge in [0.2, 0.25) is 5.43 Å². The Kier molecular flexibility index (Phi) is 4.26. The summed E-state index contributed by atoms with van der Waals surface area (Å²) in [4.78, 5) is 17.2. The molecule has 3 rings (SSSR count). The van der Waals surface area contributed by atoms with Crippen molar-refractivity contribution in [2.24, 2.45) is 0 Å². The first-order valence-corrected chi connectivity index (χ1v) is 7.34. The van der Waals surface area contributed by atoms with Gasteiger partial charge in [-0.15, -0.1) is 0 Å². The van der Waals surface area contributed by atoms with Crippen molar-refractivity contribution in [2.45, 2.75) is 32.7 Å². The van der Waals surface area contributed by atoms with Gasteiger partial charge in [-0.25, -0.2) is 0 Å². The van der Waals surface area contributed by atoms with E-state index in [0.29, 0.717) is 18.0 Å². The highest BCUT2D eigenvalue weighted by Gasteiger charge is 2.17. The SMILES string of the molecule is COc1c[nH]c(CN2CCCn3nc(CO)cc3C2)cc1=O. The second kappa shape index (κ2) is 6.33. The van der Waals surface area contributed by atoms with Crippen LogP contribution >= 0.6 is 0 Å². The standard InChI is InChI=1S/C15H20N4O3/c1-22-15-7-16-11(6-14(15)21)8-18-3-2-4-19-13(9-18)5-12(10-20)17-19/h5-7,20H,2-4,8-10H2,1H3,(H,16,21). The quantitative estimate of drug-likeness (QED) is 0.858. The Morgan fingerprint density at radius 1 is 1.41 bits per heavy atom. The largest absolute Gasteiger partial charge is 0.491 e. The van der Waals surface area contributed by atoms with Crippen molar-refractivity contribution in [1.29, 1.82) is 0 Å². The zero-order chi connectivity index (χ0) is 15.5. The monoisotopic (exact) mass is 304 g/mol. The van der Waals surface area contributed by atoms with Gasteiger partial charge in [-0.05, 0) is 12.5 Å². The molecule has 2 aromatic rings. The number of aromatic amines is 1. The van der Waals surface area contributed by atoms with Crippen LogP contribution in [0.1, 0.15) is 23.5 Å². The predicted molar refractivity (Wildman–Crippen MR) is 80.5 cm³/mol. The van der Waals surface area contributed by atoms with Gasteiger partial charge in [-0.2, -0.15) is 5.10 Å². The zero-order valence-electron chi connectivity index (χ0n) is 12.6. The van der Waals surface area contributed by atoms with Crippen LogP contribution in [0.2, 0.25) is 0 Å². The number of aliphatic hydroxyl groups is 1. The Bertz CT molecular complexity index is 707. The van der Waals surface area contributed by atoms with E-state index in [1.54, 1.807) is 12.3 Å². The number of H-pyrrole nitrogens is 1. The number of aryl methyl sites for hydroxylation is 1. The minimum absolute atomic E-state index is 0.0359. The Morgan fingerprint density at radius 3 is 3.00 bits per heavy atom. The average Bonchev–Trinajstić information content (AvgIpc) is 2.80. The van der Waals surface area contributed by atoms with Crippen LogP contribution in [0, 0.1) is 0 Å². The number of aliphatic hydroxyl groups excluding tert-OH is 1. The number of rotatable bonds is 4. The first-order chi connectivity index (χ1) is 10.7. The molecular weight excluding hydrogens is 284 g/mol. The van der Waals surface area contributed by atoms with Crippen molar-refractivity contribution in [3.05, 3.63) is 45.6 Å². The molecule has 0 fully saturated rings. The topological polar surface area (TPSA) is 83.4 Å². The summed E-state index contributed by atoms with van der Waals surface area (Å²) in [6, 6.07) is 3.52. The maximum absolute atomic E-state index is 11.8. The number of aromatic nitrogens is 3. The van der Waals surface area contributed by atoms with Crippen LogP contribution in [-0.2, 0) is 26.2 Å². The van der Waals surface area contributed by atoms with E-state index in [2.05, 4.69) is 15.0 Å². The molecule has 7 nitrogen and oxygen atoms in total. The van der Waals surface area contributed by atoms with Crippen LogP contribution in [0.4, 0.5) is 0 Å². The number of ether oxygens (including phenoxy) is 1. The summed E-state index contributed by atoms with van der Waals surface area (Å²) >= 11 is 0. The second-order valence-corrected chi connectivity index (χ2v) is 5.46. The van der Waals surface area contributed by atoms with Gasteiger partial charge in [0.1, 0.15) is 0 Å². The summed E-state index contributed by atoms with van der Waals surface area (Å²) in [5.74, 6) is 0.324. The molecule has 0 bridgehead atoms. The fourth-order valence-corrected chi connectivity index (χ4v) is 2.79. The van der Waals surface area contributed by atoms with Gasteiger partial charge in [0.05, 0.1) is 25.1 Å². The number of nitrogens with one attached hydrogen (secondary N) is 1. The summed E-state index contributed by atoms with van der Waals surface area (Å²) in [6.45, 7) is 3.17. The zero-order valence-corrected chi connectivity index (χ0v) is 12.6. The molecule has 7 heteroatoms. The average molecular weight is 304 g/mol. The third-order valence-electron chi connectivity index (χ3n) is 3.86. The van der Waals surface area contributed by atoms with Gasteiger partial charge in [-0.1, -0.05) is 0 Å². The van der Waals surface area contributed by atoms with Crippen LogP contribution in [0.5, 0.6) is 5.75 Å². The molecule has 2 aromatic heterocycles. The summed E-state index contributed by atoms with van der Waals surface area (Å²) in [5.41, 5.74) is 2.55. The maximum Gasteiger partial charge on any atom is 0.223 e. The third-order valence-corrected chi connectivity index (χ3v) is 3.86. The van der Waals surface area contributed by atoms with E-state index >= 15 is 0 Å².